The minimum atomic E-state index is 0.130. The fourth-order valence-electron chi connectivity index (χ4n) is 2.24. The molecule has 0 aromatic heterocycles. The Morgan fingerprint density at radius 1 is 1.29 bits per heavy atom. The summed E-state index contributed by atoms with van der Waals surface area (Å²) in [5.74, 6) is 1.20. The zero-order valence-electron chi connectivity index (χ0n) is 10.2. The van der Waals surface area contributed by atoms with Crippen LogP contribution in [0.25, 0.3) is 0 Å². The molecule has 1 aliphatic heterocycles. The smallest absolute Gasteiger partial charge is 0.223 e. The van der Waals surface area contributed by atoms with Crippen molar-refractivity contribution in [1.82, 2.24) is 5.32 Å². The van der Waals surface area contributed by atoms with Crippen molar-refractivity contribution in [2.75, 3.05) is 13.7 Å². The number of rotatable bonds is 3. The lowest BCUT2D eigenvalue weighted by molar-refractivity contribution is -0.124. The Morgan fingerprint density at radius 2 is 2.06 bits per heavy atom. The SMILES string of the molecule is COc1ccc(CC2CCCCNC2=O)cc1. The van der Waals surface area contributed by atoms with Crippen LogP contribution in [0.5, 0.6) is 5.75 Å². The molecule has 1 unspecified atom stereocenters. The predicted molar refractivity (Wildman–Crippen MR) is 67.0 cm³/mol. The minimum Gasteiger partial charge on any atom is -0.497 e. The van der Waals surface area contributed by atoms with Crippen LogP contribution in [-0.4, -0.2) is 19.6 Å². The third-order valence-electron chi connectivity index (χ3n) is 3.29. The van der Waals surface area contributed by atoms with Crippen LogP contribution in [0.4, 0.5) is 0 Å². The van der Waals surface area contributed by atoms with Crippen LogP contribution < -0.4 is 10.1 Å². The summed E-state index contributed by atoms with van der Waals surface area (Å²) in [7, 11) is 1.66. The van der Waals surface area contributed by atoms with Crippen LogP contribution >= 0.6 is 0 Å². The molecule has 0 aliphatic carbocycles. The fraction of sp³-hybridized carbons (Fsp3) is 0.500. The molecule has 92 valence electrons. The first-order valence-electron chi connectivity index (χ1n) is 6.20. The molecule has 1 atom stereocenters. The Hall–Kier alpha value is -1.51. The van der Waals surface area contributed by atoms with Gasteiger partial charge in [-0.1, -0.05) is 18.6 Å². The van der Waals surface area contributed by atoms with Crippen molar-refractivity contribution in [2.24, 2.45) is 5.92 Å². The van der Waals surface area contributed by atoms with Gasteiger partial charge in [-0.15, -0.1) is 0 Å². The van der Waals surface area contributed by atoms with Gasteiger partial charge < -0.3 is 10.1 Å². The summed E-state index contributed by atoms with van der Waals surface area (Å²) in [5, 5.41) is 2.97. The molecule has 2 rings (SSSR count). The van der Waals surface area contributed by atoms with E-state index in [0.717, 1.165) is 38.0 Å². The Kier molecular flexibility index (Phi) is 4.02. The van der Waals surface area contributed by atoms with Crippen LogP contribution in [0.2, 0.25) is 0 Å². The minimum absolute atomic E-state index is 0.130. The van der Waals surface area contributed by atoms with Gasteiger partial charge in [0.1, 0.15) is 5.75 Å². The van der Waals surface area contributed by atoms with Crippen molar-refractivity contribution in [3.8, 4) is 5.75 Å². The van der Waals surface area contributed by atoms with E-state index >= 15 is 0 Å². The lowest BCUT2D eigenvalue weighted by Gasteiger charge is -2.13. The van der Waals surface area contributed by atoms with E-state index < -0.39 is 0 Å². The van der Waals surface area contributed by atoms with Crippen LogP contribution in [-0.2, 0) is 11.2 Å². The first-order valence-corrected chi connectivity index (χ1v) is 6.20. The highest BCUT2D eigenvalue weighted by molar-refractivity contribution is 5.79. The number of hydrogen-bond acceptors (Lipinski definition) is 2. The summed E-state index contributed by atoms with van der Waals surface area (Å²) in [4.78, 5) is 11.8. The van der Waals surface area contributed by atoms with Gasteiger partial charge in [-0.2, -0.15) is 0 Å². The average molecular weight is 233 g/mol. The summed E-state index contributed by atoms with van der Waals surface area (Å²) < 4.78 is 5.12. The molecule has 1 fully saturated rings. The Morgan fingerprint density at radius 3 is 2.76 bits per heavy atom. The number of amides is 1. The lowest BCUT2D eigenvalue weighted by atomic mass is 9.94. The maximum Gasteiger partial charge on any atom is 0.223 e. The van der Waals surface area contributed by atoms with E-state index in [1.807, 2.05) is 24.3 Å². The van der Waals surface area contributed by atoms with Crippen molar-refractivity contribution in [3.05, 3.63) is 29.8 Å². The highest BCUT2D eigenvalue weighted by Gasteiger charge is 2.20. The molecule has 0 spiro atoms. The van der Waals surface area contributed by atoms with Gasteiger partial charge in [0.25, 0.3) is 0 Å². The molecule has 1 aromatic rings. The van der Waals surface area contributed by atoms with E-state index in [1.54, 1.807) is 7.11 Å². The highest BCUT2D eigenvalue weighted by Crippen LogP contribution is 2.19. The van der Waals surface area contributed by atoms with Crippen molar-refractivity contribution in [1.29, 1.82) is 0 Å². The highest BCUT2D eigenvalue weighted by atomic mass is 16.5. The molecule has 17 heavy (non-hydrogen) atoms. The first kappa shape index (κ1) is 12.0. The van der Waals surface area contributed by atoms with Crippen molar-refractivity contribution >= 4 is 5.91 Å². The summed E-state index contributed by atoms with van der Waals surface area (Å²) in [6.45, 7) is 0.831. The number of methoxy groups -OCH3 is 1. The third-order valence-corrected chi connectivity index (χ3v) is 3.29. The van der Waals surface area contributed by atoms with Gasteiger partial charge in [-0.3, -0.25) is 4.79 Å². The number of hydrogen-bond donors (Lipinski definition) is 1. The van der Waals surface area contributed by atoms with Gasteiger partial charge >= 0.3 is 0 Å². The van der Waals surface area contributed by atoms with Crippen LogP contribution in [0.3, 0.4) is 0 Å². The van der Waals surface area contributed by atoms with Gasteiger partial charge in [0.2, 0.25) is 5.91 Å². The molecule has 1 heterocycles. The second-order valence-corrected chi connectivity index (χ2v) is 4.54. The second kappa shape index (κ2) is 5.71. The van der Waals surface area contributed by atoms with Crippen LogP contribution in [0.1, 0.15) is 24.8 Å². The second-order valence-electron chi connectivity index (χ2n) is 4.54. The molecular weight excluding hydrogens is 214 g/mol. The zero-order valence-corrected chi connectivity index (χ0v) is 10.2. The molecular formula is C14H19NO2. The molecule has 0 saturated carbocycles. The molecule has 1 saturated heterocycles. The standard InChI is InChI=1S/C14H19NO2/c1-17-13-7-5-11(6-8-13)10-12-4-2-3-9-15-14(12)16/h5-8,12H,2-4,9-10H2,1H3,(H,15,16). The predicted octanol–water partition coefficient (Wildman–Crippen LogP) is 2.15. The number of carbonyl (C=O) groups is 1. The largest absolute Gasteiger partial charge is 0.497 e. The number of nitrogens with one attached hydrogen (secondary N) is 1. The monoisotopic (exact) mass is 233 g/mol. The molecule has 0 bridgehead atoms. The van der Waals surface area contributed by atoms with E-state index in [1.165, 1.54) is 5.56 Å². The summed E-state index contributed by atoms with van der Waals surface area (Å²) in [5.41, 5.74) is 1.20. The van der Waals surface area contributed by atoms with Gasteiger partial charge in [0.15, 0.2) is 0 Å². The summed E-state index contributed by atoms with van der Waals surface area (Å²) >= 11 is 0. The van der Waals surface area contributed by atoms with Crippen LogP contribution in [0.15, 0.2) is 24.3 Å². The zero-order chi connectivity index (χ0) is 12.1. The Bertz CT molecular complexity index is 372. The van der Waals surface area contributed by atoms with Gasteiger partial charge in [0, 0.05) is 12.5 Å². The third kappa shape index (κ3) is 3.22. The molecule has 0 radical (unpaired) electrons. The molecule has 3 heteroatoms. The maximum absolute atomic E-state index is 11.8. The fourth-order valence-corrected chi connectivity index (χ4v) is 2.24. The number of benzene rings is 1. The van der Waals surface area contributed by atoms with Gasteiger partial charge in [0.05, 0.1) is 7.11 Å². The quantitative estimate of drug-likeness (QED) is 0.868. The van der Waals surface area contributed by atoms with E-state index in [2.05, 4.69) is 5.32 Å². The Balaban J connectivity index is 2.00. The number of ether oxygens (including phenoxy) is 1. The van der Waals surface area contributed by atoms with Gasteiger partial charge in [-0.05, 0) is 37.0 Å². The molecule has 1 aliphatic rings. The van der Waals surface area contributed by atoms with Gasteiger partial charge in [-0.25, -0.2) is 0 Å². The van der Waals surface area contributed by atoms with Crippen LogP contribution in [0, 0.1) is 5.92 Å². The molecule has 1 amide bonds. The molecule has 1 N–H and O–H groups in total. The van der Waals surface area contributed by atoms with Crippen molar-refractivity contribution < 1.29 is 9.53 Å². The topological polar surface area (TPSA) is 38.3 Å². The van der Waals surface area contributed by atoms with E-state index in [9.17, 15) is 4.79 Å². The summed E-state index contributed by atoms with van der Waals surface area (Å²) in [6, 6.07) is 7.97. The average Bonchev–Trinajstić information content (AvgIpc) is 2.56. The normalized spacial score (nSPS) is 20.5. The number of carbonyl (C=O) groups excluding carboxylic acids is 1. The maximum atomic E-state index is 11.8. The van der Waals surface area contributed by atoms with Crippen molar-refractivity contribution in [3.63, 3.8) is 0 Å². The molecule has 3 nitrogen and oxygen atoms in total. The first-order chi connectivity index (χ1) is 8.29. The lowest BCUT2D eigenvalue weighted by Crippen LogP contribution is -2.30. The summed E-state index contributed by atoms with van der Waals surface area (Å²) in [6.07, 6.45) is 4.07. The van der Waals surface area contributed by atoms with E-state index in [-0.39, 0.29) is 11.8 Å². The van der Waals surface area contributed by atoms with E-state index in [4.69, 9.17) is 4.74 Å². The Labute approximate surface area is 102 Å². The molecule has 1 aromatic carbocycles. The van der Waals surface area contributed by atoms with E-state index in [0.29, 0.717) is 0 Å². The van der Waals surface area contributed by atoms with Crippen molar-refractivity contribution in [2.45, 2.75) is 25.7 Å².